The molecule has 0 saturated carbocycles. The second kappa shape index (κ2) is 6.19. The number of hydrogen-bond acceptors (Lipinski definition) is 2. The number of para-hydroxylation sites is 1. The summed E-state index contributed by atoms with van der Waals surface area (Å²) in [5.41, 5.74) is 2.61. The Bertz CT molecular complexity index is 657. The van der Waals surface area contributed by atoms with Crippen LogP contribution in [-0.2, 0) is 5.88 Å². The Morgan fingerprint density at radius 3 is 2.95 bits per heavy atom. The monoisotopic (exact) mass is 301 g/mol. The van der Waals surface area contributed by atoms with Crippen molar-refractivity contribution < 1.29 is 9.53 Å². The van der Waals surface area contributed by atoms with Crippen LogP contribution in [0.5, 0.6) is 5.75 Å². The van der Waals surface area contributed by atoms with Crippen molar-refractivity contribution in [3.63, 3.8) is 0 Å². The summed E-state index contributed by atoms with van der Waals surface area (Å²) in [6.45, 7) is 0.615. The highest BCUT2D eigenvalue weighted by molar-refractivity contribution is 6.17. The highest BCUT2D eigenvalue weighted by Crippen LogP contribution is 2.31. The third kappa shape index (κ3) is 3.03. The van der Waals surface area contributed by atoms with E-state index >= 15 is 0 Å². The molecule has 108 valence electrons. The molecule has 1 amide bonds. The number of alkyl halides is 1. The Morgan fingerprint density at radius 2 is 2.10 bits per heavy atom. The van der Waals surface area contributed by atoms with Gasteiger partial charge in [-0.25, -0.2) is 0 Å². The molecule has 1 aliphatic rings. The summed E-state index contributed by atoms with van der Waals surface area (Å²) in [6.07, 6.45) is 0.776. The fourth-order valence-corrected chi connectivity index (χ4v) is 2.70. The minimum atomic E-state index is -0.0799. The van der Waals surface area contributed by atoms with Gasteiger partial charge in [-0.15, -0.1) is 11.6 Å². The normalized spacial score (nSPS) is 16.7. The molecule has 1 N–H and O–H groups in total. The molecule has 0 fully saturated rings. The van der Waals surface area contributed by atoms with Gasteiger partial charge in [-0.2, -0.15) is 0 Å². The lowest BCUT2D eigenvalue weighted by atomic mass is 10.00. The van der Waals surface area contributed by atoms with Crippen LogP contribution in [0.15, 0.2) is 48.5 Å². The summed E-state index contributed by atoms with van der Waals surface area (Å²) in [5.74, 6) is 1.17. The van der Waals surface area contributed by atoms with Gasteiger partial charge in [-0.3, -0.25) is 4.79 Å². The molecule has 1 atom stereocenters. The highest BCUT2D eigenvalue weighted by Gasteiger charge is 2.23. The standard InChI is InChI=1S/C17H16ClNO2/c18-11-12-4-3-5-13(10-12)17(20)19-15-8-9-21-16-7-2-1-6-14(15)16/h1-7,10,15H,8-9,11H2,(H,19,20). The SMILES string of the molecule is O=C(NC1CCOc2ccccc21)c1cccc(CCl)c1. The zero-order chi connectivity index (χ0) is 14.7. The third-order valence-electron chi connectivity index (χ3n) is 3.61. The van der Waals surface area contributed by atoms with E-state index in [-0.39, 0.29) is 11.9 Å². The van der Waals surface area contributed by atoms with Gasteiger partial charge in [0.1, 0.15) is 5.75 Å². The fraction of sp³-hybridized carbons (Fsp3) is 0.235. The Balaban J connectivity index is 1.79. The molecule has 0 aromatic heterocycles. The Labute approximate surface area is 128 Å². The number of benzene rings is 2. The Kier molecular flexibility index (Phi) is 4.11. The lowest BCUT2D eigenvalue weighted by Crippen LogP contribution is -2.32. The number of fused-ring (bicyclic) bond motifs is 1. The van der Waals surface area contributed by atoms with E-state index in [0.717, 1.165) is 23.3 Å². The predicted molar refractivity (Wildman–Crippen MR) is 82.8 cm³/mol. The molecule has 4 heteroatoms. The van der Waals surface area contributed by atoms with Crippen molar-refractivity contribution in [2.24, 2.45) is 0 Å². The van der Waals surface area contributed by atoms with Crippen molar-refractivity contribution in [1.29, 1.82) is 0 Å². The molecule has 3 rings (SSSR count). The summed E-state index contributed by atoms with van der Waals surface area (Å²) in [6, 6.07) is 15.2. The number of hydrogen-bond donors (Lipinski definition) is 1. The quantitative estimate of drug-likeness (QED) is 0.878. The van der Waals surface area contributed by atoms with E-state index in [2.05, 4.69) is 5.32 Å². The lowest BCUT2D eigenvalue weighted by molar-refractivity contribution is 0.0924. The number of ether oxygens (including phenoxy) is 1. The number of nitrogens with one attached hydrogen (secondary N) is 1. The molecule has 2 aromatic carbocycles. The molecule has 0 aliphatic carbocycles. The summed E-state index contributed by atoms with van der Waals surface area (Å²) in [5, 5.41) is 3.08. The van der Waals surface area contributed by atoms with Gasteiger partial charge in [0.2, 0.25) is 0 Å². The first-order valence-electron chi connectivity index (χ1n) is 6.95. The predicted octanol–water partition coefficient (Wildman–Crippen LogP) is 3.68. The van der Waals surface area contributed by atoms with Gasteiger partial charge in [0.25, 0.3) is 5.91 Å². The molecule has 0 radical (unpaired) electrons. The van der Waals surface area contributed by atoms with Gasteiger partial charge in [0, 0.05) is 23.4 Å². The lowest BCUT2D eigenvalue weighted by Gasteiger charge is -2.26. The number of halogens is 1. The summed E-state index contributed by atoms with van der Waals surface area (Å²) < 4.78 is 5.61. The zero-order valence-electron chi connectivity index (χ0n) is 11.5. The van der Waals surface area contributed by atoms with Crippen LogP contribution < -0.4 is 10.1 Å². The van der Waals surface area contributed by atoms with Crippen molar-refractivity contribution in [3.05, 3.63) is 65.2 Å². The van der Waals surface area contributed by atoms with E-state index in [1.54, 1.807) is 6.07 Å². The van der Waals surface area contributed by atoms with Crippen LogP contribution in [0.3, 0.4) is 0 Å². The number of amides is 1. The molecule has 21 heavy (non-hydrogen) atoms. The number of carbonyl (C=O) groups excluding carboxylic acids is 1. The van der Waals surface area contributed by atoms with Gasteiger partial charge in [0.05, 0.1) is 12.6 Å². The van der Waals surface area contributed by atoms with Crippen LogP contribution in [-0.4, -0.2) is 12.5 Å². The van der Waals surface area contributed by atoms with Crippen molar-refractivity contribution in [2.45, 2.75) is 18.3 Å². The van der Waals surface area contributed by atoms with Gasteiger partial charge >= 0.3 is 0 Å². The molecule has 0 saturated heterocycles. The van der Waals surface area contributed by atoms with Crippen molar-refractivity contribution in [3.8, 4) is 5.75 Å². The van der Waals surface area contributed by atoms with E-state index in [0.29, 0.717) is 18.1 Å². The average Bonchev–Trinajstić information content (AvgIpc) is 2.55. The van der Waals surface area contributed by atoms with Crippen LogP contribution in [0, 0.1) is 0 Å². The first-order valence-corrected chi connectivity index (χ1v) is 7.49. The number of carbonyl (C=O) groups is 1. The minimum absolute atomic E-state index is 0.0119. The van der Waals surface area contributed by atoms with E-state index in [1.165, 1.54) is 0 Å². The molecule has 0 bridgehead atoms. The maximum Gasteiger partial charge on any atom is 0.251 e. The first-order chi connectivity index (χ1) is 10.3. The zero-order valence-corrected chi connectivity index (χ0v) is 12.3. The maximum atomic E-state index is 12.4. The minimum Gasteiger partial charge on any atom is -0.493 e. The molecular formula is C17H16ClNO2. The van der Waals surface area contributed by atoms with Crippen LogP contribution in [0.25, 0.3) is 0 Å². The van der Waals surface area contributed by atoms with Crippen LogP contribution >= 0.6 is 11.6 Å². The van der Waals surface area contributed by atoms with E-state index in [9.17, 15) is 4.79 Å². The summed E-state index contributed by atoms with van der Waals surface area (Å²) in [4.78, 5) is 12.4. The largest absolute Gasteiger partial charge is 0.493 e. The Morgan fingerprint density at radius 1 is 1.24 bits per heavy atom. The topological polar surface area (TPSA) is 38.3 Å². The van der Waals surface area contributed by atoms with Gasteiger partial charge in [-0.1, -0.05) is 30.3 Å². The van der Waals surface area contributed by atoms with Crippen molar-refractivity contribution in [2.75, 3.05) is 6.61 Å². The second-order valence-electron chi connectivity index (χ2n) is 5.04. The van der Waals surface area contributed by atoms with E-state index < -0.39 is 0 Å². The van der Waals surface area contributed by atoms with Gasteiger partial charge in [-0.05, 0) is 23.8 Å². The molecule has 0 spiro atoms. The van der Waals surface area contributed by atoms with Crippen LogP contribution in [0.2, 0.25) is 0 Å². The van der Waals surface area contributed by atoms with Crippen molar-refractivity contribution >= 4 is 17.5 Å². The van der Waals surface area contributed by atoms with E-state index in [4.69, 9.17) is 16.3 Å². The first kappa shape index (κ1) is 14.0. The number of rotatable bonds is 3. The average molecular weight is 302 g/mol. The molecule has 1 heterocycles. The second-order valence-corrected chi connectivity index (χ2v) is 5.30. The third-order valence-corrected chi connectivity index (χ3v) is 3.92. The molecule has 3 nitrogen and oxygen atoms in total. The van der Waals surface area contributed by atoms with Gasteiger partial charge in [0.15, 0.2) is 0 Å². The van der Waals surface area contributed by atoms with Crippen LogP contribution in [0.4, 0.5) is 0 Å². The molecule has 1 unspecified atom stereocenters. The van der Waals surface area contributed by atoms with Gasteiger partial charge < -0.3 is 10.1 Å². The summed E-state index contributed by atoms with van der Waals surface area (Å²) in [7, 11) is 0. The van der Waals surface area contributed by atoms with Crippen LogP contribution in [0.1, 0.15) is 33.9 Å². The van der Waals surface area contributed by atoms with Crippen molar-refractivity contribution in [1.82, 2.24) is 5.32 Å². The fourth-order valence-electron chi connectivity index (χ4n) is 2.53. The molecule has 2 aromatic rings. The maximum absolute atomic E-state index is 12.4. The molecular weight excluding hydrogens is 286 g/mol. The summed E-state index contributed by atoms with van der Waals surface area (Å²) >= 11 is 5.81. The molecule has 1 aliphatic heterocycles. The smallest absolute Gasteiger partial charge is 0.251 e. The Hall–Kier alpha value is -2.00. The highest BCUT2D eigenvalue weighted by atomic mass is 35.5. The van der Waals surface area contributed by atoms with E-state index in [1.807, 2.05) is 42.5 Å².